The Morgan fingerprint density at radius 1 is 1.55 bits per heavy atom. The van der Waals surface area contributed by atoms with E-state index in [2.05, 4.69) is 4.98 Å². The van der Waals surface area contributed by atoms with Crippen LogP contribution in [0.2, 0.25) is 5.02 Å². The number of amides is 2. The fraction of sp³-hybridized carbons (Fsp3) is 0.417. The third-order valence-electron chi connectivity index (χ3n) is 3.19. The maximum absolute atomic E-state index is 12.3. The van der Waals surface area contributed by atoms with Gasteiger partial charge in [-0.15, -0.1) is 0 Å². The number of rotatable bonds is 2. The van der Waals surface area contributed by atoms with E-state index >= 15 is 0 Å². The molecule has 1 aliphatic rings. The lowest BCUT2D eigenvalue weighted by Gasteiger charge is -2.38. The van der Waals surface area contributed by atoms with Gasteiger partial charge in [0, 0.05) is 12.7 Å². The number of H-pyrrole nitrogens is 1. The van der Waals surface area contributed by atoms with Gasteiger partial charge in [0.05, 0.1) is 18.7 Å². The molecule has 0 aromatic carbocycles. The smallest absolute Gasteiger partial charge is 0.266 e. The number of morpholine rings is 1. The van der Waals surface area contributed by atoms with Crippen LogP contribution < -0.4 is 11.3 Å². The average Bonchev–Trinajstić information content (AvgIpc) is 2.41. The number of nitrogens with two attached hydrogens (primary N) is 1. The molecule has 0 radical (unpaired) electrons. The van der Waals surface area contributed by atoms with Gasteiger partial charge in [0.15, 0.2) is 5.60 Å². The zero-order chi connectivity index (χ0) is 14.9. The van der Waals surface area contributed by atoms with Crippen molar-refractivity contribution in [2.75, 3.05) is 19.7 Å². The lowest BCUT2D eigenvalue weighted by atomic mass is 10.0. The molecule has 3 N–H and O–H groups in total. The van der Waals surface area contributed by atoms with Crippen LogP contribution in [-0.4, -0.2) is 47.0 Å². The molecule has 0 aliphatic carbocycles. The second-order valence-corrected chi connectivity index (χ2v) is 5.14. The van der Waals surface area contributed by atoms with Gasteiger partial charge in [0.2, 0.25) is 0 Å². The molecule has 0 spiro atoms. The first-order valence-corrected chi connectivity index (χ1v) is 6.33. The van der Waals surface area contributed by atoms with Crippen molar-refractivity contribution in [1.29, 1.82) is 0 Å². The lowest BCUT2D eigenvalue weighted by molar-refractivity contribution is -0.150. The summed E-state index contributed by atoms with van der Waals surface area (Å²) in [5, 5.41) is -0.0678. The van der Waals surface area contributed by atoms with E-state index in [0.29, 0.717) is 6.54 Å². The zero-order valence-corrected chi connectivity index (χ0v) is 11.6. The van der Waals surface area contributed by atoms with Gasteiger partial charge >= 0.3 is 0 Å². The highest BCUT2D eigenvalue weighted by Crippen LogP contribution is 2.19. The van der Waals surface area contributed by atoms with Gasteiger partial charge < -0.3 is 20.4 Å². The molecule has 1 fully saturated rings. The fourth-order valence-electron chi connectivity index (χ4n) is 1.95. The van der Waals surface area contributed by atoms with Gasteiger partial charge in [-0.1, -0.05) is 11.6 Å². The molecule has 1 aliphatic heterocycles. The topological polar surface area (TPSA) is 105 Å². The molecule has 20 heavy (non-hydrogen) atoms. The number of carbonyl (C=O) groups excluding carboxylic acids is 2. The molecule has 108 valence electrons. The van der Waals surface area contributed by atoms with Gasteiger partial charge in [0.25, 0.3) is 17.4 Å². The third-order valence-corrected chi connectivity index (χ3v) is 3.47. The van der Waals surface area contributed by atoms with Gasteiger partial charge in [-0.05, 0) is 13.0 Å². The highest BCUT2D eigenvalue weighted by Gasteiger charge is 2.39. The maximum atomic E-state index is 12.3. The minimum Gasteiger partial charge on any atom is -0.367 e. The van der Waals surface area contributed by atoms with Crippen molar-refractivity contribution in [3.05, 3.63) is 33.2 Å². The summed E-state index contributed by atoms with van der Waals surface area (Å²) in [6, 6.07) is 1.29. The monoisotopic (exact) mass is 299 g/mol. The number of pyridine rings is 1. The molecule has 0 bridgehead atoms. The summed E-state index contributed by atoms with van der Waals surface area (Å²) < 4.78 is 5.33. The van der Waals surface area contributed by atoms with E-state index in [9.17, 15) is 14.4 Å². The van der Waals surface area contributed by atoms with Crippen molar-refractivity contribution in [2.45, 2.75) is 12.5 Å². The number of ether oxygens (including phenoxy) is 1. The van der Waals surface area contributed by atoms with Crippen molar-refractivity contribution in [3.8, 4) is 0 Å². The summed E-state index contributed by atoms with van der Waals surface area (Å²) in [5.41, 5.74) is 3.84. The van der Waals surface area contributed by atoms with Gasteiger partial charge in [0.1, 0.15) is 5.02 Å². The molecular weight excluding hydrogens is 286 g/mol. The lowest BCUT2D eigenvalue weighted by Crippen LogP contribution is -2.58. The Kier molecular flexibility index (Phi) is 3.82. The summed E-state index contributed by atoms with van der Waals surface area (Å²) in [7, 11) is 0. The SMILES string of the molecule is C[C@]1(C(N)=O)CN(C(=O)c2c[nH]c(=O)c(Cl)c2)CCO1. The number of halogens is 1. The van der Waals surface area contributed by atoms with E-state index in [1.807, 2.05) is 0 Å². The first-order valence-electron chi connectivity index (χ1n) is 5.95. The summed E-state index contributed by atoms with van der Waals surface area (Å²) in [6.07, 6.45) is 1.29. The van der Waals surface area contributed by atoms with Crippen LogP contribution in [0.5, 0.6) is 0 Å². The maximum Gasteiger partial charge on any atom is 0.266 e. The van der Waals surface area contributed by atoms with E-state index in [0.717, 1.165) is 0 Å². The number of hydrogen-bond donors (Lipinski definition) is 2. The fourth-order valence-corrected chi connectivity index (χ4v) is 2.13. The summed E-state index contributed by atoms with van der Waals surface area (Å²) >= 11 is 5.69. The summed E-state index contributed by atoms with van der Waals surface area (Å²) in [5.74, 6) is -0.978. The predicted octanol–water partition coefficient (Wildman–Crippen LogP) is -0.255. The van der Waals surface area contributed by atoms with Crippen LogP contribution >= 0.6 is 11.6 Å². The van der Waals surface area contributed by atoms with E-state index < -0.39 is 17.1 Å². The molecule has 1 aromatic rings. The number of nitrogens with zero attached hydrogens (tertiary/aromatic N) is 1. The van der Waals surface area contributed by atoms with Crippen LogP contribution in [0.1, 0.15) is 17.3 Å². The highest BCUT2D eigenvalue weighted by atomic mass is 35.5. The summed E-state index contributed by atoms with van der Waals surface area (Å²) in [4.78, 5) is 38.7. The third kappa shape index (κ3) is 2.68. The van der Waals surface area contributed by atoms with Crippen LogP contribution in [0.25, 0.3) is 0 Å². The van der Waals surface area contributed by atoms with Crippen molar-refractivity contribution >= 4 is 23.4 Å². The van der Waals surface area contributed by atoms with Crippen molar-refractivity contribution in [1.82, 2.24) is 9.88 Å². The van der Waals surface area contributed by atoms with Crippen molar-refractivity contribution in [3.63, 3.8) is 0 Å². The number of carbonyl (C=O) groups is 2. The molecule has 1 aromatic heterocycles. The first kappa shape index (κ1) is 14.5. The van der Waals surface area contributed by atoms with E-state index in [4.69, 9.17) is 22.1 Å². The van der Waals surface area contributed by atoms with E-state index in [-0.39, 0.29) is 29.6 Å². The minimum absolute atomic E-state index is 0.0535. The molecule has 7 nitrogen and oxygen atoms in total. The standard InChI is InChI=1S/C12H14ClN3O4/c1-12(11(14)19)6-16(2-3-20-12)10(18)7-4-8(13)9(17)15-5-7/h4-5H,2-3,6H2,1H3,(H2,14,19)(H,15,17)/t12-/m1/s1. The predicted molar refractivity (Wildman–Crippen MR) is 71.5 cm³/mol. The van der Waals surface area contributed by atoms with Crippen LogP contribution in [0.3, 0.4) is 0 Å². The quantitative estimate of drug-likeness (QED) is 0.785. The number of nitrogens with one attached hydrogen (secondary N) is 1. The van der Waals surface area contributed by atoms with Crippen LogP contribution in [0, 0.1) is 0 Å². The van der Waals surface area contributed by atoms with Crippen LogP contribution in [0.4, 0.5) is 0 Å². The summed E-state index contributed by atoms with van der Waals surface area (Å²) in [6.45, 7) is 2.13. The molecule has 1 atom stereocenters. The molecular formula is C12H14ClN3O4. The van der Waals surface area contributed by atoms with Crippen molar-refractivity contribution < 1.29 is 14.3 Å². The van der Waals surface area contributed by atoms with E-state index in [1.54, 1.807) is 0 Å². The molecule has 0 unspecified atom stereocenters. The Morgan fingerprint density at radius 3 is 2.85 bits per heavy atom. The number of aromatic amines is 1. The second kappa shape index (κ2) is 5.26. The average molecular weight is 300 g/mol. The normalized spacial score (nSPS) is 22.6. The largest absolute Gasteiger partial charge is 0.367 e. The first-order chi connectivity index (χ1) is 9.33. The number of hydrogen-bond acceptors (Lipinski definition) is 4. The Balaban J connectivity index is 2.22. The van der Waals surface area contributed by atoms with E-state index in [1.165, 1.54) is 24.1 Å². The van der Waals surface area contributed by atoms with Gasteiger partial charge in [-0.25, -0.2) is 0 Å². The minimum atomic E-state index is -1.21. The molecule has 2 amide bonds. The highest BCUT2D eigenvalue weighted by molar-refractivity contribution is 6.30. The molecule has 8 heteroatoms. The molecule has 0 saturated carbocycles. The van der Waals surface area contributed by atoms with Gasteiger partial charge in [-0.3, -0.25) is 14.4 Å². The Hall–Kier alpha value is -1.86. The number of primary amides is 1. The van der Waals surface area contributed by atoms with Crippen LogP contribution in [0.15, 0.2) is 17.1 Å². The van der Waals surface area contributed by atoms with Crippen LogP contribution in [-0.2, 0) is 9.53 Å². The second-order valence-electron chi connectivity index (χ2n) is 4.74. The Labute approximate surface area is 119 Å². The zero-order valence-electron chi connectivity index (χ0n) is 10.8. The number of aromatic nitrogens is 1. The van der Waals surface area contributed by atoms with Gasteiger partial charge in [-0.2, -0.15) is 0 Å². The molecule has 2 rings (SSSR count). The Morgan fingerprint density at radius 2 is 2.25 bits per heavy atom. The van der Waals surface area contributed by atoms with Crippen molar-refractivity contribution in [2.24, 2.45) is 5.73 Å². The molecule has 2 heterocycles. The molecule has 1 saturated heterocycles. The Bertz CT molecular complexity index is 615.